The number of nitrogens with one attached hydrogen (secondary N) is 2. The number of halogens is 1. The molecular formula is C13H22ClN5. The first-order valence-electron chi connectivity index (χ1n) is 6.37. The summed E-state index contributed by atoms with van der Waals surface area (Å²) < 4.78 is 0. The summed E-state index contributed by atoms with van der Waals surface area (Å²) in [5, 5.41) is 9.96. The minimum atomic E-state index is -0.0284. The topological polar surface area (TPSA) is 68.4 Å². The fourth-order valence-electron chi connectivity index (χ4n) is 2.23. The Hall–Kier alpha value is -1.46. The zero-order valence-corrected chi connectivity index (χ0v) is 12.0. The zero-order chi connectivity index (χ0) is 13.0. The van der Waals surface area contributed by atoms with E-state index in [1.165, 1.54) is 5.69 Å². The van der Waals surface area contributed by atoms with Gasteiger partial charge in [0, 0.05) is 37.6 Å². The second-order valence-electron chi connectivity index (χ2n) is 4.51. The van der Waals surface area contributed by atoms with Crippen molar-refractivity contribution in [2.45, 2.75) is 6.92 Å². The van der Waals surface area contributed by atoms with Crippen LogP contribution in [0, 0.1) is 5.41 Å². The summed E-state index contributed by atoms with van der Waals surface area (Å²) in [5.41, 5.74) is 7.39. The molecule has 1 heterocycles. The van der Waals surface area contributed by atoms with Gasteiger partial charge in [0.25, 0.3) is 0 Å². The molecule has 0 aromatic heterocycles. The Morgan fingerprint density at radius 1 is 1.21 bits per heavy atom. The maximum absolute atomic E-state index is 7.18. The monoisotopic (exact) mass is 283 g/mol. The smallest absolute Gasteiger partial charge is 0.190 e. The van der Waals surface area contributed by atoms with E-state index < -0.39 is 0 Å². The molecule has 1 aromatic rings. The van der Waals surface area contributed by atoms with Gasteiger partial charge in [0.1, 0.15) is 0 Å². The molecule has 106 valence electrons. The van der Waals surface area contributed by atoms with Gasteiger partial charge in [-0.05, 0) is 30.8 Å². The molecule has 1 aromatic carbocycles. The molecule has 0 saturated carbocycles. The molecule has 1 saturated heterocycles. The second kappa shape index (κ2) is 7.21. The molecule has 1 fully saturated rings. The largest absolute Gasteiger partial charge is 0.370 e. The molecule has 2 rings (SSSR count). The summed E-state index contributed by atoms with van der Waals surface area (Å²) in [5.74, 6) is -0.0284. The van der Waals surface area contributed by atoms with Crippen LogP contribution in [0.2, 0.25) is 0 Å². The van der Waals surface area contributed by atoms with Crippen LogP contribution in [0.5, 0.6) is 0 Å². The summed E-state index contributed by atoms with van der Waals surface area (Å²) in [4.78, 5) is 4.85. The van der Waals surface area contributed by atoms with Crippen molar-refractivity contribution in [1.29, 1.82) is 5.41 Å². The van der Waals surface area contributed by atoms with Gasteiger partial charge in [-0.25, -0.2) is 0 Å². The molecule has 4 N–H and O–H groups in total. The first-order chi connectivity index (χ1) is 8.69. The number of hydrogen-bond acceptors (Lipinski definition) is 3. The number of rotatable bonds is 3. The van der Waals surface area contributed by atoms with Crippen molar-refractivity contribution >= 4 is 29.7 Å². The quantitative estimate of drug-likeness (QED) is 0.582. The molecule has 1 aliphatic rings. The van der Waals surface area contributed by atoms with Crippen molar-refractivity contribution in [3.8, 4) is 0 Å². The van der Waals surface area contributed by atoms with Crippen LogP contribution < -0.4 is 16.0 Å². The van der Waals surface area contributed by atoms with Gasteiger partial charge < -0.3 is 20.9 Å². The number of piperazine rings is 1. The molecular weight excluding hydrogens is 262 g/mol. The maximum atomic E-state index is 7.18. The summed E-state index contributed by atoms with van der Waals surface area (Å²) in [6.45, 7) is 7.75. The Kier molecular flexibility index (Phi) is 5.92. The van der Waals surface area contributed by atoms with E-state index in [-0.39, 0.29) is 18.4 Å². The molecule has 0 aliphatic carbocycles. The first kappa shape index (κ1) is 15.6. The fraction of sp³-hybridized carbons (Fsp3) is 0.462. The fourth-order valence-corrected chi connectivity index (χ4v) is 2.23. The van der Waals surface area contributed by atoms with E-state index in [0.717, 1.165) is 38.4 Å². The van der Waals surface area contributed by atoms with Crippen molar-refractivity contribution in [3.05, 3.63) is 24.3 Å². The van der Waals surface area contributed by atoms with Crippen molar-refractivity contribution in [3.63, 3.8) is 0 Å². The van der Waals surface area contributed by atoms with E-state index >= 15 is 0 Å². The maximum Gasteiger partial charge on any atom is 0.190 e. The SMILES string of the molecule is CCN1CCN(c2ccc(NC(=N)N)cc2)CC1.Cl. The number of guanidine groups is 1. The summed E-state index contributed by atoms with van der Waals surface area (Å²) in [7, 11) is 0. The lowest BCUT2D eigenvalue weighted by Crippen LogP contribution is -2.46. The van der Waals surface area contributed by atoms with Gasteiger partial charge in [-0.2, -0.15) is 0 Å². The average Bonchev–Trinajstić information content (AvgIpc) is 2.39. The lowest BCUT2D eigenvalue weighted by molar-refractivity contribution is 0.271. The van der Waals surface area contributed by atoms with Crippen LogP contribution >= 0.6 is 12.4 Å². The highest BCUT2D eigenvalue weighted by molar-refractivity contribution is 5.89. The molecule has 0 unspecified atom stereocenters. The van der Waals surface area contributed by atoms with Crippen molar-refractivity contribution in [2.24, 2.45) is 5.73 Å². The Balaban J connectivity index is 0.00000180. The lowest BCUT2D eigenvalue weighted by atomic mass is 10.2. The van der Waals surface area contributed by atoms with Crippen LogP contribution in [0.15, 0.2) is 24.3 Å². The highest BCUT2D eigenvalue weighted by Gasteiger charge is 2.15. The molecule has 6 heteroatoms. The minimum Gasteiger partial charge on any atom is -0.370 e. The number of nitrogens with zero attached hydrogens (tertiary/aromatic N) is 2. The van der Waals surface area contributed by atoms with Crippen molar-refractivity contribution in [2.75, 3.05) is 42.9 Å². The third-order valence-corrected chi connectivity index (χ3v) is 3.33. The summed E-state index contributed by atoms with van der Waals surface area (Å²) in [6.07, 6.45) is 0. The number of benzene rings is 1. The van der Waals surface area contributed by atoms with Crippen LogP contribution in [-0.4, -0.2) is 43.6 Å². The molecule has 19 heavy (non-hydrogen) atoms. The number of likely N-dealkylation sites (N-methyl/N-ethyl adjacent to an activating group) is 1. The highest BCUT2D eigenvalue weighted by Crippen LogP contribution is 2.19. The van der Waals surface area contributed by atoms with Gasteiger partial charge >= 0.3 is 0 Å². The Bertz CT molecular complexity index is 398. The molecule has 0 atom stereocenters. The first-order valence-corrected chi connectivity index (χ1v) is 6.37. The minimum absolute atomic E-state index is 0. The predicted octanol–water partition coefficient (Wildman–Crippen LogP) is 1.56. The Morgan fingerprint density at radius 3 is 2.26 bits per heavy atom. The van der Waals surface area contributed by atoms with Gasteiger partial charge in [-0.3, -0.25) is 5.41 Å². The van der Waals surface area contributed by atoms with E-state index in [9.17, 15) is 0 Å². The van der Waals surface area contributed by atoms with Gasteiger partial charge in [0.2, 0.25) is 0 Å². The van der Waals surface area contributed by atoms with Gasteiger partial charge in [0.05, 0.1) is 0 Å². The third-order valence-electron chi connectivity index (χ3n) is 3.33. The number of anilines is 2. The lowest BCUT2D eigenvalue weighted by Gasteiger charge is -2.35. The summed E-state index contributed by atoms with van der Waals surface area (Å²) in [6, 6.07) is 8.08. The highest BCUT2D eigenvalue weighted by atomic mass is 35.5. The van der Waals surface area contributed by atoms with Gasteiger partial charge in [0.15, 0.2) is 5.96 Å². The Labute approximate surface area is 120 Å². The molecule has 0 bridgehead atoms. The van der Waals surface area contributed by atoms with E-state index in [1.807, 2.05) is 12.1 Å². The van der Waals surface area contributed by atoms with Crippen LogP contribution in [0.4, 0.5) is 11.4 Å². The molecule has 5 nitrogen and oxygen atoms in total. The average molecular weight is 284 g/mol. The Morgan fingerprint density at radius 2 is 1.79 bits per heavy atom. The van der Waals surface area contributed by atoms with Crippen LogP contribution in [0.1, 0.15) is 6.92 Å². The van der Waals surface area contributed by atoms with E-state index in [2.05, 4.69) is 34.2 Å². The van der Waals surface area contributed by atoms with Gasteiger partial charge in [-0.1, -0.05) is 6.92 Å². The van der Waals surface area contributed by atoms with Crippen molar-refractivity contribution < 1.29 is 0 Å². The normalized spacial score (nSPS) is 15.7. The molecule has 0 radical (unpaired) electrons. The van der Waals surface area contributed by atoms with E-state index in [0.29, 0.717) is 0 Å². The van der Waals surface area contributed by atoms with Crippen LogP contribution in [-0.2, 0) is 0 Å². The molecule has 0 amide bonds. The van der Waals surface area contributed by atoms with Crippen LogP contribution in [0.3, 0.4) is 0 Å². The second-order valence-corrected chi connectivity index (χ2v) is 4.51. The predicted molar refractivity (Wildman–Crippen MR) is 83.6 cm³/mol. The number of nitrogens with two attached hydrogens (primary N) is 1. The van der Waals surface area contributed by atoms with Crippen LogP contribution in [0.25, 0.3) is 0 Å². The zero-order valence-electron chi connectivity index (χ0n) is 11.2. The molecule has 0 spiro atoms. The van der Waals surface area contributed by atoms with Crippen molar-refractivity contribution in [1.82, 2.24) is 4.90 Å². The molecule has 1 aliphatic heterocycles. The van der Waals surface area contributed by atoms with E-state index in [1.54, 1.807) is 0 Å². The summed E-state index contributed by atoms with van der Waals surface area (Å²) >= 11 is 0. The number of hydrogen-bond donors (Lipinski definition) is 3. The van der Waals surface area contributed by atoms with E-state index in [4.69, 9.17) is 11.1 Å². The third kappa shape index (κ3) is 4.29. The standard InChI is InChI=1S/C13H21N5.ClH/c1-2-17-7-9-18(10-8-17)12-5-3-11(4-6-12)16-13(14)15;/h3-6H,2,7-10H2,1H3,(H4,14,15,16);1H. The van der Waals surface area contributed by atoms with Gasteiger partial charge in [-0.15, -0.1) is 12.4 Å².